The quantitative estimate of drug-likeness (QED) is 0.414. The highest BCUT2D eigenvalue weighted by atomic mass is 32.1. The number of hydrogen-bond donors (Lipinski definition) is 0. The number of fused-ring (bicyclic) bond motifs is 1. The number of amides is 1. The van der Waals surface area contributed by atoms with Crippen LogP contribution in [0.25, 0.3) is 10.2 Å². The Kier molecular flexibility index (Phi) is 5.49. The molecule has 0 N–H and O–H groups in total. The first-order valence-corrected chi connectivity index (χ1v) is 10.1. The van der Waals surface area contributed by atoms with Crippen LogP contribution in [-0.4, -0.2) is 10.5 Å². The molecule has 4 rings (SSSR count). The largest absolute Gasteiger partial charge is 0.310 e. The predicted molar refractivity (Wildman–Crippen MR) is 116 cm³/mol. The van der Waals surface area contributed by atoms with Crippen molar-refractivity contribution in [1.29, 1.82) is 0 Å². The van der Waals surface area contributed by atoms with E-state index in [0.29, 0.717) is 22.4 Å². The lowest BCUT2D eigenvalue weighted by atomic mass is 10.0. The van der Waals surface area contributed by atoms with Crippen LogP contribution < -0.4 is 4.80 Å². The first-order chi connectivity index (χ1) is 14.2. The molecule has 0 atom stereocenters. The van der Waals surface area contributed by atoms with Gasteiger partial charge in [-0.3, -0.25) is 4.79 Å². The van der Waals surface area contributed by atoms with Crippen LogP contribution in [0.15, 0.2) is 90.4 Å². The zero-order valence-corrected chi connectivity index (χ0v) is 16.5. The van der Waals surface area contributed by atoms with E-state index in [2.05, 4.69) is 23.7 Å². The molecule has 144 valence electrons. The van der Waals surface area contributed by atoms with Crippen molar-refractivity contribution in [3.05, 3.63) is 113 Å². The standard InChI is InChI=1S/C24H19FN2OS/c1-2-15-27-22-20(25)9-6-10-21(22)29-24(27)26-23(28)19-13-11-18(12-14-19)16-17-7-4-3-5-8-17/h2-14H,1,15-16H2. The topological polar surface area (TPSA) is 34.4 Å². The Bertz CT molecular complexity index is 1240. The van der Waals surface area contributed by atoms with Crippen LogP contribution in [0.1, 0.15) is 21.5 Å². The van der Waals surface area contributed by atoms with Gasteiger partial charge in [0.1, 0.15) is 5.82 Å². The second kappa shape index (κ2) is 8.37. The number of benzene rings is 3. The minimum Gasteiger partial charge on any atom is -0.310 e. The maximum atomic E-state index is 14.3. The van der Waals surface area contributed by atoms with Gasteiger partial charge in [0.25, 0.3) is 5.91 Å². The maximum Gasteiger partial charge on any atom is 0.279 e. The van der Waals surface area contributed by atoms with Crippen molar-refractivity contribution in [2.75, 3.05) is 0 Å². The lowest BCUT2D eigenvalue weighted by Gasteiger charge is -2.03. The highest BCUT2D eigenvalue weighted by molar-refractivity contribution is 7.16. The fraction of sp³-hybridized carbons (Fsp3) is 0.0833. The Balaban J connectivity index is 1.65. The maximum absolute atomic E-state index is 14.3. The van der Waals surface area contributed by atoms with Crippen molar-refractivity contribution >= 4 is 27.5 Å². The van der Waals surface area contributed by atoms with Crippen LogP contribution in [0.4, 0.5) is 4.39 Å². The number of halogens is 1. The van der Waals surface area contributed by atoms with Gasteiger partial charge in [-0.25, -0.2) is 4.39 Å². The number of rotatable bonds is 5. The van der Waals surface area contributed by atoms with Crippen LogP contribution in [0.2, 0.25) is 0 Å². The summed E-state index contributed by atoms with van der Waals surface area (Å²) in [6.45, 7) is 4.11. The zero-order chi connectivity index (χ0) is 20.2. The summed E-state index contributed by atoms with van der Waals surface area (Å²) in [5.41, 5.74) is 3.29. The second-order valence-corrected chi connectivity index (χ2v) is 7.66. The van der Waals surface area contributed by atoms with E-state index in [1.165, 1.54) is 23.0 Å². The molecule has 0 aliphatic heterocycles. The summed E-state index contributed by atoms with van der Waals surface area (Å²) in [5.74, 6) is -0.680. The number of hydrogen-bond acceptors (Lipinski definition) is 2. The van der Waals surface area contributed by atoms with Crippen LogP contribution >= 0.6 is 11.3 Å². The lowest BCUT2D eigenvalue weighted by molar-refractivity contribution is 0.0998. The molecule has 0 aliphatic rings. The Labute approximate surface area is 172 Å². The van der Waals surface area contributed by atoms with Crippen molar-refractivity contribution in [1.82, 2.24) is 4.57 Å². The molecule has 1 aromatic heterocycles. The number of aromatic nitrogens is 1. The van der Waals surface area contributed by atoms with Gasteiger partial charge in [-0.2, -0.15) is 4.99 Å². The van der Waals surface area contributed by atoms with E-state index in [1.807, 2.05) is 36.4 Å². The molecule has 4 aromatic rings. The smallest absolute Gasteiger partial charge is 0.279 e. The third kappa shape index (κ3) is 4.10. The Morgan fingerprint density at radius 3 is 2.45 bits per heavy atom. The van der Waals surface area contributed by atoms with E-state index < -0.39 is 0 Å². The molecule has 0 unspecified atom stereocenters. The van der Waals surface area contributed by atoms with Crippen LogP contribution in [0, 0.1) is 5.82 Å². The minimum absolute atomic E-state index is 0.334. The van der Waals surface area contributed by atoms with Gasteiger partial charge in [0, 0.05) is 12.1 Å². The number of carbonyl (C=O) groups is 1. The van der Waals surface area contributed by atoms with Gasteiger partial charge >= 0.3 is 0 Å². The predicted octanol–water partition coefficient (Wildman–Crippen LogP) is 5.36. The van der Waals surface area contributed by atoms with Crippen molar-refractivity contribution in [3.8, 4) is 0 Å². The van der Waals surface area contributed by atoms with Crippen molar-refractivity contribution in [3.63, 3.8) is 0 Å². The lowest BCUT2D eigenvalue weighted by Crippen LogP contribution is -2.16. The van der Waals surface area contributed by atoms with Crippen molar-refractivity contribution in [2.45, 2.75) is 13.0 Å². The molecule has 29 heavy (non-hydrogen) atoms. The van der Waals surface area contributed by atoms with E-state index in [4.69, 9.17) is 0 Å². The molecule has 0 saturated carbocycles. The van der Waals surface area contributed by atoms with Gasteiger partial charge in [0.2, 0.25) is 0 Å². The number of allylic oxidation sites excluding steroid dienone is 1. The van der Waals surface area contributed by atoms with Crippen LogP contribution in [0.5, 0.6) is 0 Å². The van der Waals surface area contributed by atoms with Gasteiger partial charge in [-0.05, 0) is 41.8 Å². The van der Waals surface area contributed by atoms with Crippen LogP contribution in [0.3, 0.4) is 0 Å². The summed E-state index contributed by atoms with van der Waals surface area (Å²) in [6.07, 6.45) is 2.47. The van der Waals surface area contributed by atoms with E-state index >= 15 is 0 Å². The molecular formula is C24H19FN2OS. The fourth-order valence-electron chi connectivity index (χ4n) is 3.22. The molecular weight excluding hydrogens is 383 g/mol. The Morgan fingerprint density at radius 1 is 1.00 bits per heavy atom. The van der Waals surface area contributed by atoms with Gasteiger partial charge in [0.15, 0.2) is 4.80 Å². The van der Waals surface area contributed by atoms with E-state index in [0.717, 1.165) is 16.7 Å². The number of para-hydroxylation sites is 1. The molecule has 3 nitrogen and oxygen atoms in total. The second-order valence-electron chi connectivity index (χ2n) is 6.65. The number of thiazole rings is 1. The van der Waals surface area contributed by atoms with Gasteiger partial charge < -0.3 is 4.57 Å². The summed E-state index contributed by atoms with van der Waals surface area (Å²) in [7, 11) is 0. The normalized spacial score (nSPS) is 11.7. The number of nitrogens with zero attached hydrogens (tertiary/aromatic N) is 2. The van der Waals surface area contributed by atoms with Crippen molar-refractivity contribution in [2.24, 2.45) is 4.99 Å². The first kappa shape index (κ1) is 19.0. The van der Waals surface area contributed by atoms with Gasteiger partial charge in [0.05, 0.1) is 10.2 Å². The summed E-state index contributed by atoms with van der Waals surface area (Å²) in [6, 6.07) is 22.5. The van der Waals surface area contributed by atoms with E-state index in [1.54, 1.807) is 28.8 Å². The molecule has 1 heterocycles. The highest BCUT2D eigenvalue weighted by Gasteiger charge is 2.12. The molecule has 0 saturated heterocycles. The summed E-state index contributed by atoms with van der Waals surface area (Å²) in [5, 5.41) is 0. The minimum atomic E-state index is -0.346. The molecule has 5 heteroatoms. The third-order valence-corrected chi connectivity index (χ3v) is 5.66. The van der Waals surface area contributed by atoms with E-state index in [9.17, 15) is 9.18 Å². The van der Waals surface area contributed by atoms with Gasteiger partial charge in [-0.1, -0.05) is 65.9 Å². The average molecular weight is 402 g/mol. The third-order valence-electron chi connectivity index (χ3n) is 4.61. The Hall–Kier alpha value is -3.31. The summed E-state index contributed by atoms with van der Waals surface area (Å²) >= 11 is 1.29. The molecule has 0 radical (unpaired) electrons. The molecule has 3 aromatic carbocycles. The molecule has 0 spiro atoms. The molecule has 0 aliphatic carbocycles. The first-order valence-electron chi connectivity index (χ1n) is 9.26. The van der Waals surface area contributed by atoms with Gasteiger partial charge in [-0.15, -0.1) is 6.58 Å². The SMILES string of the molecule is C=CCn1c(=NC(=O)c2ccc(Cc3ccccc3)cc2)sc2cccc(F)c21. The Morgan fingerprint density at radius 2 is 1.72 bits per heavy atom. The fourth-order valence-corrected chi connectivity index (χ4v) is 4.27. The van der Waals surface area contributed by atoms with Crippen molar-refractivity contribution < 1.29 is 9.18 Å². The molecule has 0 fully saturated rings. The van der Waals surface area contributed by atoms with Crippen LogP contribution in [-0.2, 0) is 13.0 Å². The summed E-state index contributed by atoms with van der Waals surface area (Å²) in [4.78, 5) is 17.4. The monoisotopic (exact) mass is 402 g/mol. The summed E-state index contributed by atoms with van der Waals surface area (Å²) < 4.78 is 16.7. The molecule has 0 bridgehead atoms. The number of carbonyl (C=O) groups excluding carboxylic acids is 1. The van der Waals surface area contributed by atoms with E-state index in [-0.39, 0.29) is 11.7 Å². The zero-order valence-electron chi connectivity index (χ0n) is 15.7. The highest BCUT2D eigenvalue weighted by Crippen LogP contribution is 2.20. The average Bonchev–Trinajstić information content (AvgIpc) is 3.08. The molecule has 1 amide bonds.